The van der Waals surface area contributed by atoms with Crippen LogP contribution in [0.25, 0.3) is 5.69 Å². The predicted molar refractivity (Wildman–Crippen MR) is 129 cm³/mol. The highest BCUT2D eigenvalue weighted by atomic mass is 32.1. The summed E-state index contributed by atoms with van der Waals surface area (Å²) in [5.41, 5.74) is 4.02. The minimum absolute atomic E-state index is 0.106. The molecular weight excluding hydrogens is 418 g/mol. The maximum absolute atomic E-state index is 5.83. The van der Waals surface area contributed by atoms with Crippen LogP contribution in [0.5, 0.6) is 5.75 Å². The maximum Gasteiger partial charge on any atom is 0.174 e. The van der Waals surface area contributed by atoms with E-state index in [4.69, 9.17) is 17.0 Å². The Hall–Kier alpha value is -3.71. The largest absolute Gasteiger partial charge is 0.494 e. The Balaban J connectivity index is 1.62. The summed E-state index contributed by atoms with van der Waals surface area (Å²) in [6.07, 6.45) is 7.51. The Labute approximate surface area is 192 Å². The van der Waals surface area contributed by atoms with E-state index in [9.17, 15) is 0 Å². The summed E-state index contributed by atoms with van der Waals surface area (Å²) in [5, 5.41) is 4.17. The van der Waals surface area contributed by atoms with Crippen molar-refractivity contribution in [3.63, 3.8) is 0 Å². The van der Waals surface area contributed by atoms with Crippen LogP contribution < -0.4 is 15.0 Å². The predicted octanol–water partition coefficient (Wildman–Crippen LogP) is 4.84. The Morgan fingerprint density at radius 2 is 1.84 bits per heavy atom. The van der Waals surface area contributed by atoms with E-state index in [0.29, 0.717) is 11.7 Å². The van der Waals surface area contributed by atoms with Gasteiger partial charge in [0, 0.05) is 30.0 Å². The first-order chi connectivity index (χ1) is 15.8. The lowest BCUT2D eigenvalue weighted by atomic mass is 10.0. The number of benzene rings is 1. The summed E-state index contributed by atoms with van der Waals surface area (Å²) in [6.45, 7) is 2.61. The van der Waals surface area contributed by atoms with Gasteiger partial charge < -0.3 is 19.5 Å². The van der Waals surface area contributed by atoms with Crippen LogP contribution in [0.1, 0.15) is 30.4 Å². The van der Waals surface area contributed by atoms with Gasteiger partial charge in [0.1, 0.15) is 11.8 Å². The molecule has 32 heavy (non-hydrogen) atoms. The summed E-state index contributed by atoms with van der Waals surface area (Å²) in [7, 11) is 0. The second kappa shape index (κ2) is 8.80. The number of aromatic nitrogens is 3. The van der Waals surface area contributed by atoms with E-state index in [1.165, 1.54) is 0 Å². The number of hydrogen-bond donors (Lipinski definition) is 1. The first-order valence-corrected chi connectivity index (χ1v) is 11.0. The molecule has 0 bridgehead atoms. The zero-order valence-corrected chi connectivity index (χ0v) is 18.4. The monoisotopic (exact) mass is 441 g/mol. The van der Waals surface area contributed by atoms with Crippen LogP contribution in [0, 0.1) is 0 Å². The molecule has 3 aromatic heterocycles. The van der Waals surface area contributed by atoms with E-state index in [1.54, 1.807) is 6.20 Å². The van der Waals surface area contributed by atoms with Gasteiger partial charge >= 0.3 is 0 Å². The number of pyridine rings is 2. The molecule has 2 atom stereocenters. The first-order valence-electron chi connectivity index (χ1n) is 10.6. The molecule has 0 spiro atoms. The maximum atomic E-state index is 5.83. The third-order valence-corrected chi connectivity index (χ3v) is 5.85. The smallest absolute Gasteiger partial charge is 0.174 e. The third-order valence-electron chi connectivity index (χ3n) is 5.53. The lowest BCUT2D eigenvalue weighted by Gasteiger charge is -2.29. The molecule has 0 amide bonds. The zero-order valence-electron chi connectivity index (χ0n) is 17.6. The van der Waals surface area contributed by atoms with Crippen molar-refractivity contribution < 1.29 is 4.74 Å². The molecule has 1 aromatic carbocycles. The molecule has 6 nitrogen and oxygen atoms in total. The van der Waals surface area contributed by atoms with Crippen molar-refractivity contribution >= 4 is 23.0 Å². The van der Waals surface area contributed by atoms with Crippen molar-refractivity contribution in [2.24, 2.45) is 0 Å². The Morgan fingerprint density at radius 3 is 2.56 bits per heavy atom. The van der Waals surface area contributed by atoms with Crippen molar-refractivity contribution in [1.29, 1.82) is 0 Å². The average molecular weight is 442 g/mol. The van der Waals surface area contributed by atoms with Crippen molar-refractivity contribution in [2.75, 3.05) is 11.5 Å². The summed E-state index contributed by atoms with van der Waals surface area (Å²) in [6, 6.07) is 22.0. The third kappa shape index (κ3) is 3.71. The van der Waals surface area contributed by atoms with Crippen molar-refractivity contribution in [3.8, 4) is 11.4 Å². The molecule has 1 N–H and O–H groups in total. The molecular formula is C25H23N5OS. The fourth-order valence-corrected chi connectivity index (χ4v) is 4.52. The molecule has 0 saturated carbocycles. The van der Waals surface area contributed by atoms with Gasteiger partial charge in [-0.15, -0.1) is 0 Å². The van der Waals surface area contributed by atoms with Crippen LogP contribution in [0.4, 0.5) is 5.69 Å². The summed E-state index contributed by atoms with van der Waals surface area (Å²) in [5.74, 6) is 0.839. The van der Waals surface area contributed by atoms with Crippen LogP contribution in [0.3, 0.4) is 0 Å². The molecule has 0 unspecified atom stereocenters. The minimum atomic E-state index is -0.111. The van der Waals surface area contributed by atoms with Gasteiger partial charge in [-0.25, -0.2) is 0 Å². The normalized spacial score (nSPS) is 17.9. The van der Waals surface area contributed by atoms with E-state index in [1.807, 2.05) is 73.9 Å². The van der Waals surface area contributed by atoms with Crippen molar-refractivity contribution in [3.05, 3.63) is 103 Å². The van der Waals surface area contributed by atoms with Crippen molar-refractivity contribution in [2.45, 2.75) is 19.0 Å². The zero-order chi connectivity index (χ0) is 21.9. The molecule has 1 aliphatic heterocycles. The molecule has 1 saturated heterocycles. The highest BCUT2D eigenvalue weighted by Crippen LogP contribution is 2.42. The van der Waals surface area contributed by atoms with Gasteiger partial charge in [-0.05, 0) is 79.8 Å². The number of anilines is 1. The Kier molecular flexibility index (Phi) is 5.56. The molecule has 4 heterocycles. The molecule has 7 heteroatoms. The Morgan fingerprint density at radius 1 is 0.969 bits per heavy atom. The molecule has 0 radical (unpaired) electrons. The number of rotatable bonds is 6. The quantitative estimate of drug-likeness (QED) is 0.432. The SMILES string of the molecule is CCOc1ccc(N2C(=S)N[C@H](c3ccccn3)[C@@H]2c2cccn2-c2cccnc2)cc1. The second-order valence-electron chi connectivity index (χ2n) is 7.44. The number of nitrogens with zero attached hydrogens (tertiary/aromatic N) is 4. The highest BCUT2D eigenvalue weighted by Gasteiger charge is 2.42. The van der Waals surface area contributed by atoms with E-state index < -0.39 is 0 Å². The van der Waals surface area contributed by atoms with Crippen molar-refractivity contribution in [1.82, 2.24) is 19.9 Å². The molecule has 160 valence electrons. The fraction of sp³-hybridized carbons (Fsp3) is 0.160. The van der Waals surface area contributed by atoms with Crippen LogP contribution in [0.2, 0.25) is 0 Å². The number of hydrogen-bond acceptors (Lipinski definition) is 4. The van der Waals surface area contributed by atoms with E-state index >= 15 is 0 Å². The summed E-state index contributed by atoms with van der Waals surface area (Å²) < 4.78 is 7.79. The van der Waals surface area contributed by atoms with Crippen LogP contribution in [0.15, 0.2) is 91.5 Å². The molecule has 4 aromatic rings. The number of nitrogens with one attached hydrogen (secondary N) is 1. The number of thiocarbonyl (C=S) groups is 1. The van der Waals surface area contributed by atoms with Gasteiger partial charge in [0.25, 0.3) is 0 Å². The van der Waals surface area contributed by atoms with Gasteiger partial charge in [-0.2, -0.15) is 0 Å². The number of ether oxygens (including phenoxy) is 1. The second-order valence-corrected chi connectivity index (χ2v) is 7.82. The molecule has 1 fully saturated rings. The van der Waals surface area contributed by atoms with Gasteiger partial charge in [0.2, 0.25) is 0 Å². The standard InChI is InChI=1S/C25H23N5OS/c1-2-31-20-12-10-18(11-13-20)30-24(23(28-25(30)32)21-8-3-4-15-27-21)22-9-6-16-29(22)19-7-5-14-26-17-19/h3-17,23-24H,2H2,1H3,(H,28,32)/t23-,24+/m1/s1. The van der Waals surface area contributed by atoms with Crippen LogP contribution in [-0.2, 0) is 0 Å². The summed E-state index contributed by atoms with van der Waals surface area (Å²) >= 11 is 5.83. The summed E-state index contributed by atoms with van der Waals surface area (Å²) in [4.78, 5) is 11.1. The average Bonchev–Trinajstić information content (AvgIpc) is 3.45. The van der Waals surface area contributed by atoms with E-state index in [-0.39, 0.29) is 12.1 Å². The van der Waals surface area contributed by atoms with Gasteiger partial charge in [-0.3, -0.25) is 9.97 Å². The van der Waals surface area contributed by atoms with Crippen LogP contribution >= 0.6 is 12.2 Å². The lowest BCUT2D eigenvalue weighted by Crippen LogP contribution is -2.30. The van der Waals surface area contributed by atoms with E-state index in [0.717, 1.165) is 28.5 Å². The molecule has 1 aliphatic rings. The van der Waals surface area contributed by atoms with Gasteiger partial charge in [-0.1, -0.05) is 6.07 Å². The van der Waals surface area contributed by atoms with Crippen LogP contribution in [-0.4, -0.2) is 26.3 Å². The van der Waals surface area contributed by atoms with Gasteiger partial charge in [0.05, 0.1) is 30.2 Å². The molecule has 0 aliphatic carbocycles. The first kappa shape index (κ1) is 20.2. The minimum Gasteiger partial charge on any atom is -0.494 e. The highest BCUT2D eigenvalue weighted by molar-refractivity contribution is 7.80. The fourth-order valence-electron chi connectivity index (χ4n) is 4.17. The Bertz CT molecular complexity index is 1190. The lowest BCUT2D eigenvalue weighted by molar-refractivity contribution is 0.340. The molecule has 5 rings (SSSR count). The van der Waals surface area contributed by atoms with Gasteiger partial charge in [0.15, 0.2) is 5.11 Å². The topological polar surface area (TPSA) is 55.2 Å². The van der Waals surface area contributed by atoms with E-state index in [2.05, 4.69) is 43.1 Å².